The Bertz CT molecular complexity index is 610. The van der Waals surface area contributed by atoms with Crippen molar-refractivity contribution >= 4 is 28.9 Å². The lowest BCUT2D eigenvalue weighted by atomic mass is 10.1. The van der Waals surface area contributed by atoms with Crippen LogP contribution in [0, 0.1) is 0 Å². The van der Waals surface area contributed by atoms with E-state index in [4.69, 9.17) is 0 Å². The molecular weight excluding hydrogens is 310 g/mol. The van der Waals surface area contributed by atoms with E-state index in [0.717, 1.165) is 5.82 Å². The van der Waals surface area contributed by atoms with Crippen molar-refractivity contribution in [2.45, 2.75) is 6.04 Å². The van der Waals surface area contributed by atoms with Crippen molar-refractivity contribution in [1.82, 2.24) is 15.2 Å². The van der Waals surface area contributed by atoms with Crippen LogP contribution < -0.4 is 15.5 Å². The van der Waals surface area contributed by atoms with Gasteiger partial charge in [-0.15, -0.1) is 0 Å². The van der Waals surface area contributed by atoms with Crippen LogP contribution in [0.15, 0.2) is 35.2 Å². The molecule has 0 unspecified atom stereocenters. The van der Waals surface area contributed by atoms with Gasteiger partial charge in [0.2, 0.25) is 0 Å². The number of pyridine rings is 1. The molecule has 7 heteroatoms. The molecule has 0 radical (unpaired) electrons. The molecule has 2 heterocycles. The predicted molar refractivity (Wildman–Crippen MR) is 96.3 cm³/mol. The Labute approximate surface area is 141 Å². The fourth-order valence-electron chi connectivity index (χ4n) is 2.15. The van der Waals surface area contributed by atoms with Gasteiger partial charge in [-0.25, -0.2) is 9.78 Å². The van der Waals surface area contributed by atoms with E-state index in [2.05, 4.69) is 32.0 Å². The van der Waals surface area contributed by atoms with Crippen molar-refractivity contribution in [1.29, 1.82) is 0 Å². The molecule has 124 valence electrons. The maximum atomic E-state index is 12.1. The topological polar surface area (TPSA) is 60.5 Å². The standard InChI is InChI=1S/C16H23N5OS/c1-20(2)14(12-7-8-23-11-12)10-18-16(22)19-13-5-6-15(17-9-13)21(3)4/h5-9,11,14H,10H2,1-4H3,(H2,18,19,22)/t14-/m1/s1. The molecule has 0 aliphatic rings. The van der Waals surface area contributed by atoms with Gasteiger partial charge in [0.05, 0.1) is 17.9 Å². The maximum Gasteiger partial charge on any atom is 0.319 e. The minimum atomic E-state index is -0.230. The Balaban J connectivity index is 1.89. The lowest BCUT2D eigenvalue weighted by Crippen LogP contribution is -2.36. The van der Waals surface area contributed by atoms with Crippen LogP contribution in [-0.2, 0) is 0 Å². The van der Waals surface area contributed by atoms with Crippen LogP contribution in [-0.4, -0.2) is 50.7 Å². The number of hydrogen-bond acceptors (Lipinski definition) is 5. The third kappa shape index (κ3) is 4.94. The van der Waals surface area contributed by atoms with Crippen LogP contribution in [0.2, 0.25) is 0 Å². The van der Waals surface area contributed by atoms with E-state index in [1.54, 1.807) is 17.5 Å². The molecule has 2 aromatic rings. The van der Waals surface area contributed by atoms with E-state index in [9.17, 15) is 4.79 Å². The molecule has 2 rings (SSSR count). The van der Waals surface area contributed by atoms with Crippen LogP contribution in [0.1, 0.15) is 11.6 Å². The average molecular weight is 333 g/mol. The zero-order chi connectivity index (χ0) is 16.8. The summed E-state index contributed by atoms with van der Waals surface area (Å²) in [6.45, 7) is 0.540. The lowest BCUT2D eigenvalue weighted by Gasteiger charge is -2.24. The van der Waals surface area contributed by atoms with Crippen molar-refractivity contribution in [3.8, 4) is 0 Å². The SMILES string of the molecule is CN(C)c1ccc(NC(=O)NC[C@H](c2ccsc2)N(C)C)cn1. The van der Waals surface area contributed by atoms with Gasteiger partial charge < -0.3 is 20.4 Å². The van der Waals surface area contributed by atoms with Gasteiger partial charge in [0.25, 0.3) is 0 Å². The zero-order valence-corrected chi connectivity index (χ0v) is 14.7. The number of thiophene rings is 1. The second-order valence-corrected chi connectivity index (χ2v) is 6.45. The Morgan fingerprint density at radius 1 is 1.26 bits per heavy atom. The molecule has 0 saturated carbocycles. The summed E-state index contributed by atoms with van der Waals surface area (Å²) in [4.78, 5) is 20.3. The fraction of sp³-hybridized carbons (Fsp3) is 0.375. The smallest absolute Gasteiger partial charge is 0.319 e. The number of amides is 2. The highest BCUT2D eigenvalue weighted by molar-refractivity contribution is 7.07. The van der Waals surface area contributed by atoms with Gasteiger partial charge in [0.15, 0.2) is 0 Å². The molecule has 2 amide bonds. The summed E-state index contributed by atoms with van der Waals surface area (Å²) in [5.41, 5.74) is 1.88. The van der Waals surface area contributed by atoms with E-state index in [0.29, 0.717) is 12.2 Å². The molecule has 0 bridgehead atoms. The Hall–Kier alpha value is -2.12. The molecule has 0 aromatic carbocycles. The number of anilines is 2. The fourth-order valence-corrected chi connectivity index (χ4v) is 2.86. The first-order valence-corrected chi connectivity index (χ1v) is 8.28. The average Bonchev–Trinajstić information content (AvgIpc) is 3.01. The number of carbonyl (C=O) groups excluding carboxylic acids is 1. The van der Waals surface area contributed by atoms with Gasteiger partial charge in [-0.2, -0.15) is 11.3 Å². The summed E-state index contributed by atoms with van der Waals surface area (Å²) >= 11 is 1.66. The first-order chi connectivity index (χ1) is 11.0. The highest BCUT2D eigenvalue weighted by atomic mass is 32.1. The molecular formula is C16H23N5OS. The quantitative estimate of drug-likeness (QED) is 0.853. The number of hydrogen-bond donors (Lipinski definition) is 2. The number of likely N-dealkylation sites (N-methyl/N-ethyl adjacent to an activating group) is 1. The summed E-state index contributed by atoms with van der Waals surface area (Å²) < 4.78 is 0. The van der Waals surface area contributed by atoms with E-state index < -0.39 is 0 Å². The first kappa shape index (κ1) is 17.2. The largest absolute Gasteiger partial charge is 0.363 e. The summed E-state index contributed by atoms with van der Waals surface area (Å²) in [7, 11) is 7.86. The third-order valence-corrected chi connectivity index (χ3v) is 4.17. The van der Waals surface area contributed by atoms with Crippen LogP contribution in [0.25, 0.3) is 0 Å². The number of carbonyl (C=O) groups is 1. The second-order valence-electron chi connectivity index (χ2n) is 5.67. The monoisotopic (exact) mass is 333 g/mol. The molecule has 0 fully saturated rings. The molecule has 6 nitrogen and oxygen atoms in total. The lowest BCUT2D eigenvalue weighted by molar-refractivity contribution is 0.243. The van der Waals surface area contributed by atoms with Crippen molar-refractivity contribution in [3.63, 3.8) is 0 Å². The highest BCUT2D eigenvalue weighted by Gasteiger charge is 2.15. The molecule has 2 N–H and O–H groups in total. The molecule has 1 atom stereocenters. The van der Waals surface area contributed by atoms with Crippen molar-refractivity contribution in [2.24, 2.45) is 0 Å². The van der Waals surface area contributed by atoms with E-state index >= 15 is 0 Å². The van der Waals surface area contributed by atoms with E-state index in [-0.39, 0.29) is 12.1 Å². The number of aromatic nitrogens is 1. The summed E-state index contributed by atoms with van der Waals surface area (Å²) in [6, 6.07) is 5.71. The number of urea groups is 1. The number of nitrogens with zero attached hydrogens (tertiary/aromatic N) is 3. The molecule has 0 aliphatic carbocycles. The molecule has 2 aromatic heterocycles. The van der Waals surface area contributed by atoms with Crippen molar-refractivity contribution in [2.75, 3.05) is 45.0 Å². The third-order valence-electron chi connectivity index (χ3n) is 3.47. The van der Waals surface area contributed by atoms with Crippen LogP contribution in [0.5, 0.6) is 0 Å². The van der Waals surface area contributed by atoms with Crippen LogP contribution >= 0.6 is 11.3 Å². The van der Waals surface area contributed by atoms with Gasteiger partial charge in [0.1, 0.15) is 5.82 Å². The van der Waals surface area contributed by atoms with Gasteiger partial charge in [-0.3, -0.25) is 0 Å². The predicted octanol–water partition coefficient (Wildman–Crippen LogP) is 2.63. The van der Waals surface area contributed by atoms with E-state index in [1.807, 2.05) is 50.6 Å². The number of rotatable bonds is 6. The van der Waals surface area contributed by atoms with Gasteiger partial charge in [0, 0.05) is 20.6 Å². The Kier molecular flexibility index (Phi) is 5.95. The maximum absolute atomic E-state index is 12.1. The van der Waals surface area contributed by atoms with Crippen molar-refractivity contribution in [3.05, 3.63) is 40.7 Å². The van der Waals surface area contributed by atoms with Crippen LogP contribution in [0.4, 0.5) is 16.3 Å². The Morgan fingerprint density at radius 3 is 2.57 bits per heavy atom. The Morgan fingerprint density at radius 2 is 2.04 bits per heavy atom. The molecule has 0 aliphatic heterocycles. The van der Waals surface area contributed by atoms with Gasteiger partial charge in [-0.05, 0) is 48.6 Å². The summed E-state index contributed by atoms with van der Waals surface area (Å²) in [6.07, 6.45) is 1.65. The van der Waals surface area contributed by atoms with Gasteiger partial charge in [-0.1, -0.05) is 0 Å². The molecule has 0 spiro atoms. The molecule has 23 heavy (non-hydrogen) atoms. The van der Waals surface area contributed by atoms with Crippen LogP contribution in [0.3, 0.4) is 0 Å². The molecule has 0 saturated heterocycles. The minimum absolute atomic E-state index is 0.154. The zero-order valence-electron chi connectivity index (χ0n) is 13.9. The van der Waals surface area contributed by atoms with Crippen molar-refractivity contribution < 1.29 is 4.79 Å². The van der Waals surface area contributed by atoms with Gasteiger partial charge >= 0.3 is 6.03 Å². The number of nitrogens with one attached hydrogen (secondary N) is 2. The van der Waals surface area contributed by atoms with E-state index in [1.165, 1.54) is 5.56 Å². The first-order valence-electron chi connectivity index (χ1n) is 7.34. The second kappa shape index (κ2) is 7.94. The highest BCUT2D eigenvalue weighted by Crippen LogP contribution is 2.20. The summed E-state index contributed by atoms with van der Waals surface area (Å²) in [5, 5.41) is 9.86. The normalized spacial score (nSPS) is 12.0. The summed E-state index contributed by atoms with van der Waals surface area (Å²) in [5.74, 6) is 0.848. The minimum Gasteiger partial charge on any atom is -0.363 e.